The highest BCUT2D eigenvalue weighted by Crippen LogP contribution is 2.31. The standard InChI is InChI=1S/C28H26N2O3S/c31-26(30-25(28(32)33)20-9-5-2-6-10-20)21-13-11-18-12-14-22(16-23(18)15-21)27-29-24(17-34-27)19-7-3-1-4-8-19/h1,3-4,7-8,11-17,20,25H,2,5-6,9-10H2,(H,30,31)(H,32,33)/t25-/m0/s1. The molecule has 0 aliphatic heterocycles. The van der Waals surface area contributed by atoms with Gasteiger partial charge in [-0.05, 0) is 47.7 Å². The van der Waals surface area contributed by atoms with Crippen LogP contribution in [-0.4, -0.2) is 28.0 Å². The highest BCUT2D eigenvalue weighted by atomic mass is 32.1. The summed E-state index contributed by atoms with van der Waals surface area (Å²) in [7, 11) is 0. The van der Waals surface area contributed by atoms with E-state index in [1.165, 1.54) is 0 Å². The lowest BCUT2D eigenvalue weighted by Crippen LogP contribution is -2.46. The highest BCUT2D eigenvalue weighted by molar-refractivity contribution is 7.13. The molecule has 5 nitrogen and oxygen atoms in total. The van der Waals surface area contributed by atoms with E-state index in [1.54, 1.807) is 17.4 Å². The molecule has 4 aromatic rings. The summed E-state index contributed by atoms with van der Waals surface area (Å²) in [6, 6.07) is 20.8. The van der Waals surface area contributed by atoms with Gasteiger partial charge in [0.2, 0.25) is 0 Å². The molecule has 1 aromatic heterocycles. The van der Waals surface area contributed by atoms with Gasteiger partial charge >= 0.3 is 5.97 Å². The topological polar surface area (TPSA) is 79.3 Å². The minimum Gasteiger partial charge on any atom is -0.480 e. The third-order valence-electron chi connectivity index (χ3n) is 6.60. The Kier molecular flexibility index (Phi) is 6.41. The molecule has 1 heterocycles. The Morgan fingerprint density at radius 2 is 1.68 bits per heavy atom. The molecular weight excluding hydrogens is 444 g/mol. The second kappa shape index (κ2) is 9.77. The Morgan fingerprint density at radius 3 is 2.44 bits per heavy atom. The maximum atomic E-state index is 13.0. The smallest absolute Gasteiger partial charge is 0.326 e. The van der Waals surface area contributed by atoms with Crippen molar-refractivity contribution in [3.63, 3.8) is 0 Å². The average Bonchev–Trinajstić information content (AvgIpc) is 3.38. The number of hydrogen-bond donors (Lipinski definition) is 2. The van der Waals surface area contributed by atoms with Gasteiger partial charge in [-0.3, -0.25) is 4.79 Å². The van der Waals surface area contributed by atoms with Crippen LogP contribution in [0, 0.1) is 5.92 Å². The Hall–Kier alpha value is -3.51. The number of carbonyl (C=O) groups excluding carboxylic acids is 1. The summed E-state index contributed by atoms with van der Waals surface area (Å²) in [6.07, 6.45) is 4.86. The molecule has 0 radical (unpaired) electrons. The molecule has 1 aliphatic carbocycles. The van der Waals surface area contributed by atoms with Gasteiger partial charge in [0.15, 0.2) is 0 Å². The van der Waals surface area contributed by atoms with Crippen molar-refractivity contribution < 1.29 is 14.7 Å². The summed E-state index contributed by atoms with van der Waals surface area (Å²) >= 11 is 1.59. The van der Waals surface area contributed by atoms with E-state index in [0.717, 1.165) is 64.7 Å². The largest absolute Gasteiger partial charge is 0.480 e. The third kappa shape index (κ3) is 4.73. The van der Waals surface area contributed by atoms with E-state index in [1.807, 2.05) is 60.7 Å². The van der Waals surface area contributed by atoms with Crippen LogP contribution >= 0.6 is 11.3 Å². The Bertz CT molecular complexity index is 1330. The number of carboxylic acid groups (broad SMARTS) is 1. The minimum atomic E-state index is -0.957. The fraction of sp³-hybridized carbons (Fsp3) is 0.250. The summed E-state index contributed by atoms with van der Waals surface area (Å²) in [5.41, 5.74) is 3.48. The van der Waals surface area contributed by atoms with E-state index in [-0.39, 0.29) is 11.8 Å². The van der Waals surface area contributed by atoms with Gasteiger partial charge in [-0.15, -0.1) is 11.3 Å². The number of nitrogens with zero attached hydrogens (tertiary/aromatic N) is 1. The zero-order valence-electron chi connectivity index (χ0n) is 18.7. The van der Waals surface area contributed by atoms with Crippen molar-refractivity contribution in [2.24, 2.45) is 5.92 Å². The lowest BCUT2D eigenvalue weighted by Gasteiger charge is -2.28. The van der Waals surface area contributed by atoms with Crippen molar-refractivity contribution in [2.75, 3.05) is 0 Å². The van der Waals surface area contributed by atoms with Gasteiger partial charge in [0, 0.05) is 22.1 Å². The molecule has 3 aromatic carbocycles. The van der Waals surface area contributed by atoms with Crippen molar-refractivity contribution in [1.82, 2.24) is 10.3 Å². The monoisotopic (exact) mass is 470 g/mol. The summed E-state index contributed by atoms with van der Waals surface area (Å²) in [6.45, 7) is 0. The van der Waals surface area contributed by atoms with Gasteiger partial charge in [0.05, 0.1) is 5.69 Å². The number of aliphatic carboxylic acids is 1. The molecule has 0 saturated heterocycles. The van der Waals surface area contributed by atoms with E-state index < -0.39 is 12.0 Å². The van der Waals surface area contributed by atoms with Crippen molar-refractivity contribution >= 4 is 34.0 Å². The second-order valence-corrected chi connectivity index (χ2v) is 9.73. The summed E-state index contributed by atoms with van der Waals surface area (Å²) in [4.78, 5) is 29.6. The Balaban J connectivity index is 1.39. The molecule has 0 spiro atoms. The predicted molar refractivity (Wildman–Crippen MR) is 136 cm³/mol. The van der Waals surface area contributed by atoms with E-state index in [0.29, 0.717) is 5.56 Å². The number of fused-ring (bicyclic) bond motifs is 1. The first-order chi connectivity index (χ1) is 16.6. The van der Waals surface area contributed by atoms with E-state index >= 15 is 0 Å². The van der Waals surface area contributed by atoms with Gasteiger partial charge in [-0.25, -0.2) is 9.78 Å². The number of rotatable bonds is 6. The SMILES string of the molecule is O=C(N[C@H](C(=O)O)C1CCCCC1)c1ccc2ccc(-c3nc(-c4ccccc4)cs3)cc2c1. The molecule has 1 aliphatic rings. The quantitative estimate of drug-likeness (QED) is 0.342. The van der Waals surface area contributed by atoms with Crippen molar-refractivity contribution in [1.29, 1.82) is 0 Å². The first kappa shape index (κ1) is 22.3. The molecule has 0 bridgehead atoms. The van der Waals surface area contributed by atoms with E-state index in [4.69, 9.17) is 4.98 Å². The number of thiazole rings is 1. The molecule has 1 saturated carbocycles. The van der Waals surface area contributed by atoms with Gasteiger partial charge in [-0.1, -0.05) is 67.8 Å². The van der Waals surface area contributed by atoms with Gasteiger partial charge < -0.3 is 10.4 Å². The predicted octanol–water partition coefficient (Wildman–Crippen LogP) is 6.39. The van der Waals surface area contributed by atoms with Crippen LogP contribution in [0.25, 0.3) is 32.6 Å². The molecule has 1 amide bonds. The number of carbonyl (C=O) groups is 2. The molecular formula is C28H26N2O3S. The lowest BCUT2D eigenvalue weighted by atomic mass is 9.84. The number of hydrogen-bond acceptors (Lipinski definition) is 4. The highest BCUT2D eigenvalue weighted by Gasteiger charge is 2.31. The van der Waals surface area contributed by atoms with Crippen molar-refractivity contribution in [3.8, 4) is 21.8 Å². The molecule has 1 fully saturated rings. The van der Waals surface area contributed by atoms with E-state index in [2.05, 4.69) is 10.7 Å². The molecule has 5 rings (SSSR count). The lowest BCUT2D eigenvalue weighted by molar-refractivity contribution is -0.141. The minimum absolute atomic E-state index is 0.00836. The molecule has 1 atom stereocenters. The fourth-order valence-corrected chi connectivity index (χ4v) is 5.57. The van der Waals surface area contributed by atoms with Crippen LogP contribution in [0.3, 0.4) is 0 Å². The van der Waals surface area contributed by atoms with Gasteiger partial charge in [0.25, 0.3) is 5.91 Å². The Labute approximate surface area is 202 Å². The second-order valence-electron chi connectivity index (χ2n) is 8.87. The number of benzene rings is 3. The Morgan fingerprint density at radius 1 is 0.912 bits per heavy atom. The molecule has 34 heavy (non-hydrogen) atoms. The van der Waals surface area contributed by atoms with Crippen LogP contribution in [0.4, 0.5) is 0 Å². The third-order valence-corrected chi connectivity index (χ3v) is 7.49. The van der Waals surface area contributed by atoms with Crippen LogP contribution in [0.2, 0.25) is 0 Å². The zero-order chi connectivity index (χ0) is 23.5. The first-order valence-electron chi connectivity index (χ1n) is 11.7. The molecule has 0 unspecified atom stereocenters. The fourth-order valence-electron chi connectivity index (χ4n) is 4.74. The molecule has 2 N–H and O–H groups in total. The van der Waals surface area contributed by atoms with Gasteiger partial charge in [0.1, 0.15) is 11.0 Å². The summed E-state index contributed by atoms with van der Waals surface area (Å²) < 4.78 is 0. The summed E-state index contributed by atoms with van der Waals surface area (Å²) in [5.74, 6) is -1.31. The van der Waals surface area contributed by atoms with E-state index in [9.17, 15) is 14.7 Å². The number of nitrogens with one attached hydrogen (secondary N) is 1. The maximum Gasteiger partial charge on any atom is 0.326 e. The number of aromatic nitrogens is 1. The molecule has 6 heteroatoms. The van der Waals surface area contributed by atoms with Crippen LogP contribution in [0.15, 0.2) is 72.1 Å². The van der Waals surface area contributed by atoms with Crippen molar-refractivity contribution in [3.05, 3.63) is 77.7 Å². The summed E-state index contributed by atoms with van der Waals surface area (Å²) in [5, 5.41) is 17.4. The van der Waals surface area contributed by atoms with Crippen LogP contribution < -0.4 is 5.32 Å². The normalized spacial score (nSPS) is 15.2. The number of carboxylic acids is 1. The first-order valence-corrected chi connectivity index (χ1v) is 12.6. The maximum absolute atomic E-state index is 13.0. The van der Waals surface area contributed by atoms with Crippen LogP contribution in [0.5, 0.6) is 0 Å². The van der Waals surface area contributed by atoms with Crippen LogP contribution in [0.1, 0.15) is 42.5 Å². The van der Waals surface area contributed by atoms with Crippen LogP contribution in [-0.2, 0) is 4.79 Å². The average molecular weight is 471 g/mol. The molecule has 172 valence electrons. The van der Waals surface area contributed by atoms with Gasteiger partial charge in [-0.2, -0.15) is 0 Å². The zero-order valence-corrected chi connectivity index (χ0v) is 19.6. The van der Waals surface area contributed by atoms with Crippen molar-refractivity contribution in [2.45, 2.75) is 38.1 Å². The number of amides is 1.